The molecule has 0 spiro atoms. The summed E-state index contributed by atoms with van der Waals surface area (Å²) in [7, 11) is -1.55. The number of benzene rings is 1. The van der Waals surface area contributed by atoms with E-state index < -0.39 is 10.0 Å². The minimum atomic E-state index is -3.57. The van der Waals surface area contributed by atoms with Crippen LogP contribution in [0, 0.1) is 6.92 Å². The summed E-state index contributed by atoms with van der Waals surface area (Å²) in [5.41, 5.74) is 0.774. The van der Waals surface area contributed by atoms with E-state index in [1.807, 2.05) is 20.0 Å². The lowest BCUT2D eigenvalue weighted by Crippen LogP contribution is -2.59. The van der Waals surface area contributed by atoms with Gasteiger partial charge in [-0.1, -0.05) is 23.7 Å². The number of hydrogen-bond donors (Lipinski definition) is 0. The highest BCUT2D eigenvalue weighted by molar-refractivity contribution is 7.89. The number of rotatable bonds is 2. The molecule has 0 bridgehead atoms. The van der Waals surface area contributed by atoms with E-state index >= 15 is 0 Å². The van der Waals surface area contributed by atoms with Crippen LogP contribution in [0.2, 0.25) is 5.02 Å². The molecule has 0 aromatic heterocycles. The van der Waals surface area contributed by atoms with Gasteiger partial charge in [0, 0.05) is 25.7 Å². The van der Waals surface area contributed by atoms with Gasteiger partial charge in [-0.05, 0) is 32.0 Å². The summed E-state index contributed by atoms with van der Waals surface area (Å²) in [6, 6.07) is 5.24. The zero-order valence-corrected chi connectivity index (χ0v) is 14.4. The van der Waals surface area contributed by atoms with E-state index in [0.717, 1.165) is 18.5 Å². The van der Waals surface area contributed by atoms with Gasteiger partial charge in [-0.3, -0.25) is 4.90 Å². The van der Waals surface area contributed by atoms with Crippen molar-refractivity contribution < 1.29 is 13.2 Å². The molecule has 0 amide bonds. The molecule has 1 aromatic carbocycles. The topological polar surface area (TPSA) is 49.9 Å². The Morgan fingerprint density at radius 3 is 2.86 bits per heavy atom. The normalized spacial score (nSPS) is 27.6. The fourth-order valence-corrected chi connectivity index (χ4v) is 5.22. The third-order valence-electron chi connectivity index (χ3n) is 4.60. The first-order valence-electron chi connectivity index (χ1n) is 7.48. The highest BCUT2D eigenvalue weighted by Gasteiger charge is 2.40. The minimum absolute atomic E-state index is 0.112. The molecule has 2 heterocycles. The monoisotopic (exact) mass is 344 g/mol. The Morgan fingerprint density at radius 1 is 1.32 bits per heavy atom. The summed E-state index contributed by atoms with van der Waals surface area (Å²) in [6.45, 7) is 4.29. The number of nitrogens with zero attached hydrogens (tertiary/aromatic N) is 2. The lowest BCUT2D eigenvalue weighted by atomic mass is 10.0. The lowest BCUT2D eigenvalue weighted by molar-refractivity contribution is -0.0840. The van der Waals surface area contributed by atoms with Gasteiger partial charge >= 0.3 is 0 Å². The van der Waals surface area contributed by atoms with Crippen molar-refractivity contribution in [3.8, 4) is 0 Å². The van der Waals surface area contributed by atoms with Crippen LogP contribution in [0.3, 0.4) is 0 Å². The van der Waals surface area contributed by atoms with Gasteiger partial charge in [0.2, 0.25) is 10.0 Å². The van der Waals surface area contributed by atoms with Crippen LogP contribution in [0.25, 0.3) is 0 Å². The first-order valence-corrected chi connectivity index (χ1v) is 9.30. The van der Waals surface area contributed by atoms with Crippen molar-refractivity contribution in [3.63, 3.8) is 0 Å². The van der Waals surface area contributed by atoms with Crippen LogP contribution in [-0.4, -0.2) is 63.1 Å². The van der Waals surface area contributed by atoms with Crippen LogP contribution < -0.4 is 0 Å². The van der Waals surface area contributed by atoms with E-state index in [0.29, 0.717) is 24.7 Å². The largest absolute Gasteiger partial charge is 0.375 e. The van der Waals surface area contributed by atoms with Crippen molar-refractivity contribution in [2.45, 2.75) is 30.4 Å². The van der Waals surface area contributed by atoms with Gasteiger partial charge in [0.15, 0.2) is 0 Å². The zero-order chi connectivity index (χ0) is 15.9. The molecule has 122 valence electrons. The van der Waals surface area contributed by atoms with E-state index in [4.69, 9.17) is 16.3 Å². The molecule has 0 N–H and O–H groups in total. The summed E-state index contributed by atoms with van der Waals surface area (Å²) >= 11 is 6.22. The number of hydrogen-bond acceptors (Lipinski definition) is 4. The van der Waals surface area contributed by atoms with Gasteiger partial charge in [0.25, 0.3) is 0 Å². The number of likely N-dealkylation sites (N-methyl/N-ethyl adjacent to an activating group) is 1. The van der Waals surface area contributed by atoms with Gasteiger partial charge < -0.3 is 4.74 Å². The quantitative estimate of drug-likeness (QED) is 0.820. The third-order valence-corrected chi connectivity index (χ3v) is 7.12. The smallest absolute Gasteiger partial charge is 0.244 e. The summed E-state index contributed by atoms with van der Waals surface area (Å²) in [5.74, 6) is 0. The molecule has 2 aliphatic heterocycles. The number of piperidine rings is 1. The summed E-state index contributed by atoms with van der Waals surface area (Å²) < 4.78 is 33.2. The molecule has 1 aromatic rings. The van der Waals surface area contributed by atoms with Crippen LogP contribution >= 0.6 is 11.6 Å². The predicted molar refractivity (Wildman–Crippen MR) is 85.7 cm³/mol. The number of fused-ring (bicyclic) bond motifs is 1. The SMILES string of the molecule is Cc1cccc(S(=O)(=O)N2CC[C@@H]3OCCN(C)[C@H]3C2)c1Cl. The second-order valence-corrected chi connectivity index (χ2v) is 8.28. The number of sulfonamides is 1. The standard InChI is InChI=1S/C15H21ClN2O3S/c1-11-4-3-5-14(15(11)16)22(19,20)18-7-6-13-12(10-18)17(2)8-9-21-13/h3-5,12-13H,6-10H2,1-2H3/t12-,13-/m0/s1. The zero-order valence-electron chi connectivity index (χ0n) is 12.8. The van der Waals surface area contributed by atoms with Crippen molar-refractivity contribution in [3.05, 3.63) is 28.8 Å². The first-order chi connectivity index (χ1) is 10.4. The maximum absolute atomic E-state index is 12.9. The van der Waals surface area contributed by atoms with E-state index in [9.17, 15) is 8.42 Å². The van der Waals surface area contributed by atoms with Gasteiger partial charge in [-0.25, -0.2) is 8.42 Å². The molecule has 2 fully saturated rings. The fourth-order valence-electron chi connectivity index (χ4n) is 3.19. The lowest BCUT2D eigenvalue weighted by Gasteiger charge is -2.45. The Bertz CT molecular complexity index is 665. The average molecular weight is 345 g/mol. The Morgan fingerprint density at radius 2 is 2.09 bits per heavy atom. The number of ether oxygens (including phenoxy) is 1. The second-order valence-electron chi connectivity index (χ2n) is 6.00. The van der Waals surface area contributed by atoms with E-state index in [-0.39, 0.29) is 17.0 Å². The van der Waals surface area contributed by atoms with Crippen LogP contribution in [0.5, 0.6) is 0 Å². The number of morpholine rings is 1. The van der Waals surface area contributed by atoms with E-state index in [1.165, 1.54) is 0 Å². The number of halogens is 1. The van der Waals surface area contributed by atoms with Crippen LogP contribution in [-0.2, 0) is 14.8 Å². The number of aryl methyl sites for hydroxylation is 1. The average Bonchev–Trinajstić information content (AvgIpc) is 2.50. The van der Waals surface area contributed by atoms with Crippen LogP contribution in [0.4, 0.5) is 0 Å². The highest BCUT2D eigenvalue weighted by Crippen LogP contribution is 2.31. The molecular weight excluding hydrogens is 324 g/mol. The van der Waals surface area contributed by atoms with Gasteiger partial charge in [0.1, 0.15) is 4.90 Å². The summed E-state index contributed by atoms with van der Waals surface area (Å²) in [4.78, 5) is 2.39. The summed E-state index contributed by atoms with van der Waals surface area (Å²) in [5, 5.41) is 0.317. The maximum atomic E-state index is 12.9. The van der Waals surface area contributed by atoms with Crippen LogP contribution in [0.15, 0.2) is 23.1 Å². The molecule has 2 atom stereocenters. The molecule has 0 radical (unpaired) electrons. The third kappa shape index (κ3) is 2.78. The van der Waals surface area contributed by atoms with E-state index in [1.54, 1.807) is 16.4 Å². The molecule has 0 saturated carbocycles. The fraction of sp³-hybridized carbons (Fsp3) is 0.600. The Kier molecular flexibility index (Phi) is 4.49. The van der Waals surface area contributed by atoms with E-state index in [2.05, 4.69) is 4.90 Å². The summed E-state index contributed by atoms with van der Waals surface area (Å²) in [6.07, 6.45) is 0.843. The van der Waals surface area contributed by atoms with Gasteiger partial charge in [0.05, 0.1) is 17.7 Å². The molecule has 22 heavy (non-hydrogen) atoms. The minimum Gasteiger partial charge on any atom is -0.375 e. The van der Waals surface area contributed by atoms with Gasteiger partial charge in [-0.2, -0.15) is 4.31 Å². The molecule has 5 nitrogen and oxygen atoms in total. The van der Waals surface area contributed by atoms with Crippen LogP contribution in [0.1, 0.15) is 12.0 Å². The molecule has 2 aliphatic rings. The first kappa shape index (κ1) is 16.2. The van der Waals surface area contributed by atoms with Crippen molar-refractivity contribution in [1.82, 2.24) is 9.21 Å². The Hall–Kier alpha value is -0.660. The molecule has 3 rings (SSSR count). The molecular formula is C15H21ClN2O3S. The molecule has 0 aliphatic carbocycles. The van der Waals surface area contributed by atoms with Crippen molar-refractivity contribution >= 4 is 21.6 Å². The maximum Gasteiger partial charge on any atom is 0.244 e. The molecule has 7 heteroatoms. The van der Waals surface area contributed by atoms with Crippen molar-refractivity contribution in [2.75, 3.05) is 33.3 Å². The van der Waals surface area contributed by atoms with Crippen molar-refractivity contribution in [2.24, 2.45) is 0 Å². The van der Waals surface area contributed by atoms with Gasteiger partial charge in [-0.15, -0.1) is 0 Å². The molecule has 0 unspecified atom stereocenters. The second kappa shape index (κ2) is 6.09. The Labute approximate surface area is 136 Å². The Balaban J connectivity index is 1.88. The molecule has 2 saturated heterocycles. The highest BCUT2D eigenvalue weighted by atomic mass is 35.5. The van der Waals surface area contributed by atoms with Crippen molar-refractivity contribution in [1.29, 1.82) is 0 Å². The predicted octanol–water partition coefficient (Wildman–Crippen LogP) is 1.74.